The van der Waals surface area contributed by atoms with Crippen LogP contribution in [-0.2, 0) is 10.8 Å². The number of allylic oxidation sites excluding steroid dienone is 4. The average Bonchev–Trinajstić information content (AvgIpc) is 2.89. The number of ketones is 2. The zero-order valence-corrected chi connectivity index (χ0v) is 28.0. The second-order valence-electron chi connectivity index (χ2n) is 15.3. The van der Waals surface area contributed by atoms with Crippen LogP contribution in [0.1, 0.15) is 158 Å². The van der Waals surface area contributed by atoms with E-state index in [1.54, 1.807) is 0 Å². The van der Waals surface area contributed by atoms with Crippen LogP contribution in [-0.4, -0.2) is 11.6 Å². The number of hydrogen-bond donors (Lipinski definition) is 0. The lowest BCUT2D eigenvalue weighted by molar-refractivity contribution is 0.0978. The molecule has 0 spiro atoms. The molecule has 1 aliphatic carbocycles. The molecule has 1 unspecified atom stereocenters. The monoisotopic (exact) mass is 554 g/mol. The van der Waals surface area contributed by atoms with Crippen LogP contribution in [0.5, 0.6) is 0 Å². The number of carbonyl (C=O) groups is 2. The molecule has 222 valence electrons. The Bertz CT molecular complexity index is 1370. The Hall–Kier alpha value is -2.74. The molecule has 0 heterocycles. The van der Waals surface area contributed by atoms with E-state index in [0.29, 0.717) is 22.3 Å². The van der Waals surface area contributed by atoms with Gasteiger partial charge < -0.3 is 0 Å². The van der Waals surface area contributed by atoms with Crippen LogP contribution in [0.3, 0.4) is 0 Å². The topological polar surface area (TPSA) is 34.1 Å². The highest BCUT2D eigenvalue weighted by atomic mass is 16.1. The molecule has 0 radical (unpaired) electrons. The Labute approximate surface area is 250 Å². The fourth-order valence-corrected chi connectivity index (χ4v) is 5.49. The summed E-state index contributed by atoms with van der Waals surface area (Å²) in [5.74, 6) is -0.0734. The molecule has 1 atom stereocenters. The van der Waals surface area contributed by atoms with Gasteiger partial charge in [-0.25, -0.2) is 0 Å². The van der Waals surface area contributed by atoms with Gasteiger partial charge in [-0.1, -0.05) is 105 Å². The largest absolute Gasteiger partial charge is 0.289 e. The summed E-state index contributed by atoms with van der Waals surface area (Å²) in [4.78, 5) is 27.5. The fourth-order valence-electron chi connectivity index (χ4n) is 5.49. The van der Waals surface area contributed by atoms with E-state index in [9.17, 15) is 9.59 Å². The van der Waals surface area contributed by atoms with Crippen molar-refractivity contribution >= 4 is 11.6 Å². The second kappa shape index (κ2) is 11.9. The molecule has 2 heteroatoms. The molecule has 0 aliphatic heterocycles. The quantitative estimate of drug-likeness (QED) is 0.246. The molecule has 2 aromatic carbocycles. The summed E-state index contributed by atoms with van der Waals surface area (Å²) in [6.07, 6.45) is 9.61. The third kappa shape index (κ3) is 7.19. The summed E-state index contributed by atoms with van der Waals surface area (Å²) in [7, 11) is 0. The lowest BCUT2D eigenvalue weighted by Gasteiger charge is -2.31. The van der Waals surface area contributed by atoms with Gasteiger partial charge in [-0.05, 0) is 103 Å². The van der Waals surface area contributed by atoms with Crippen LogP contribution in [0.4, 0.5) is 0 Å². The zero-order valence-electron chi connectivity index (χ0n) is 28.0. The van der Waals surface area contributed by atoms with Crippen molar-refractivity contribution < 1.29 is 9.59 Å². The van der Waals surface area contributed by atoms with Gasteiger partial charge in [0.1, 0.15) is 0 Å². The highest BCUT2D eigenvalue weighted by Crippen LogP contribution is 2.39. The van der Waals surface area contributed by atoms with Crippen molar-refractivity contribution in [2.75, 3.05) is 0 Å². The minimum absolute atomic E-state index is 0.0282. The van der Waals surface area contributed by atoms with Crippen LogP contribution in [0, 0.1) is 10.8 Å². The third-order valence-corrected chi connectivity index (χ3v) is 10.0. The number of benzene rings is 2. The summed E-state index contributed by atoms with van der Waals surface area (Å²) >= 11 is 0. The third-order valence-electron chi connectivity index (χ3n) is 10.0. The van der Waals surface area contributed by atoms with E-state index in [-0.39, 0.29) is 33.2 Å². The predicted molar refractivity (Wildman–Crippen MR) is 175 cm³/mol. The van der Waals surface area contributed by atoms with E-state index in [1.807, 2.05) is 30.3 Å². The smallest absolute Gasteiger partial charge is 0.194 e. The average molecular weight is 555 g/mol. The molecule has 0 fully saturated rings. The van der Waals surface area contributed by atoms with E-state index < -0.39 is 0 Å². The van der Waals surface area contributed by atoms with Gasteiger partial charge in [0.2, 0.25) is 0 Å². The maximum Gasteiger partial charge on any atom is 0.194 e. The predicted octanol–water partition coefficient (Wildman–Crippen LogP) is 11.0. The van der Waals surface area contributed by atoms with Gasteiger partial charge in [-0.15, -0.1) is 0 Å². The van der Waals surface area contributed by atoms with Gasteiger partial charge >= 0.3 is 0 Å². The van der Waals surface area contributed by atoms with E-state index >= 15 is 0 Å². The minimum Gasteiger partial charge on any atom is -0.289 e. The van der Waals surface area contributed by atoms with Crippen molar-refractivity contribution in [1.29, 1.82) is 0 Å². The fraction of sp³-hybridized carbons (Fsp3) is 0.538. The first kappa shape index (κ1) is 32.8. The molecule has 0 saturated heterocycles. The molecule has 2 nitrogen and oxygen atoms in total. The van der Waals surface area contributed by atoms with E-state index in [1.165, 1.54) is 11.1 Å². The molecule has 1 aliphatic rings. The van der Waals surface area contributed by atoms with Crippen molar-refractivity contribution in [3.8, 4) is 0 Å². The summed E-state index contributed by atoms with van der Waals surface area (Å²) in [6, 6.07) is 11.9. The summed E-state index contributed by atoms with van der Waals surface area (Å²) in [5, 5.41) is 0. The molecule has 0 N–H and O–H groups in total. The molecular formula is C39H54O2. The van der Waals surface area contributed by atoms with Gasteiger partial charge in [0.05, 0.1) is 0 Å². The summed E-state index contributed by atoms with van der Waals surface area (Å²) in [5.41, 5.74) is 7.36. The minimum atomic E-state index is -0.116. The lowest BCUT2D eigenvalue weighted by atomic mass is 9.72. The Kier molecular flexibility index (Phi) is 9.48. The standard InChI is InChI=1S/C39H54O2/c1-13-39(12,23-15-17-27(3)37(7,8)9)29-19-21-31-33(25-29)35(41)32-24-28(18-20-30(32)34(31)40)38(10,11)22-14-16-26(2)36(4,5)6/h16-21,24-25H,13-15,22-23H2,1-12H3. The highest BCUT2D eigenvalue weighted by Gasteiger charge is 2.34. The van der Waals surface area contributed by atoms with Crippen molar-refractivity contribution in [3.63, 3.8) is 0 Å². The molecule has 41 heavy (non-hydrogen) atoms. The number of fused-ring (bicyclic) bond motifs is 2. The van der Waals surface area contributed by atoms with Crippen LogP contribution in [0.2, 0.25) is 0 Å². The van der Waals surface area contributed by atoms with Crippen LogP contribution >= 0.6 is 0 Å². The first-order chi connectivity index (χ1) is 18.8. The Balaban J connectivity index is 1.91. The van der Waals surface area contributed by atoms with Crippen LogP contribution < -0.4 is 0 Å². The zero-order chi connectivity index (χ0) is 31.0. The van der Waals surface area contributed by atoms with Gasteiger partial charge in [0.15, 0.2) is 11.6 Å². The van der Waals surface area contributed by atoms with Crippen LogP contribution in [0.15, 0.2) is 59.7 Å². The summed E-state index contributed by atoms with van der Waals surface area (Å²) in [6.45, 7) is 26.9. The number of hydrogen-bond acceptors (Lipinski definition) is 2. The van der Waals surface area contributed by atoms with Gasteiger partial charge in [-0.2, -0.15) is 0 Å². The Morgan fingerprint density at radius 2 is 1.02 bits per heavy atom. The molecule has 0 saturated carbocycles. The molecule has 0 aromatic heterocycles. The SMILES string of the molecule is CCC(C)(CCC=C(C)C(C)(C)C)c1ccc2c(c1)C(=O)c1cc(C(C)(C)CCC=C(C)C(C)(C)C)ccc1C2=O. The van der Waals surface area contributed by atoms with Crippen molar-refractivity contribution in [1.82, 2.24) is 0 Å². The van der Waals surface area contributed by atoms with E-state index in [0.717, 1.165) is 43.2 Å². The lowest BCUT2D eigenvalue weighted by Crippen LogP contribution is -2.26. The second-order valence-corrected chi connectivity index (χ2v) is 15.3. The molecule has 3 rings (SSSR count). The van der Waals surface area contributed by atoms with Crippen molar-refractivity contribution in [2.24, 2.45) is 10.8 Å². The maximum atomic E-state index is 14.0. The Morgan fingerprint density at radius 1 is 0.610 bits per heavy atom. The molecule has 0 amide bonds. The maximum absolute atomic E-state index is 14.0. The van der Waals surface area contributed by atoms with Crippen molar-refractivity contribution in [2.45, 2.75) is 126 Å². The normalized spacial score (nSPS) is 16.4. The Morgan fingerprint density at radius 3 is 1.49 bits per heavy atom. The van der Waals surface area contributed by atoms with Gasteiger partial charge in [0.25, 0.3) is 0 Å². The first-order valence-corrected chi connectivity index (χ1v) is 15.5. The van der Waals surface area contributed by atoms with E-state index in [2.05, 4.69) is 101 Å². The first-order valence-electron chi connectivity index (χ1n) is 15.5. The van der Waals surface area contributed by atoms with Gasteiger partial charge in [0, 0.05) is 22.3 Å². The molecule has 2 aromatic rings. The number of rotatable bonds is 9. The molecule has 0 bridgehead atoms. The van der Waals surface area contributed by atoms with E-state index in [4.69, 9.17) is 0 Å². The summed E-state index contributed by atoms with van der Waals surface area (Å²) < 4.78 is 0. The number of carbonyl (C=O) groups excluding carboxylic acids is 2. The van der Waals surface area contributed by atoms with Gasteiger partial charge in [-0.3, -0.25) is 9.59 Å². The van der Waals surface area contributed by atoms with Crippen LogP contribution in [0.25, 0.3) is 0 Å². The molecular weight excluding hydrogens is 500 g/mol. The highest BCUT2D eigenvalue weighted by molar-refractivity contribution is 6.28. The van der Waals surface area contributed by atoms with Crippen molar-refractivity contribution in [3.05, 3.63) is 93.1 Å².